The highest BCUT2D eigenvalue weighted by molar-refractivity contribution is 5.74. The third kappa shape index (κ3) is 2.57. The van der Waals surface area contributed by atoms with Crippen molar-refractivity contribution in [2.75, 3.05) is 13.1 Å². The average Bonchev–Trinajstić information content (AvgIpc) is 3.05. The molecule has 0 radical (unpaired) electrons. The summed E-state index contributed by atoms with van der Waals surface area (Å²) in [6.07, 6.45) is 11.4. The van der Waals surface area contributed by atoms with Crippen LogP contribution in [0.4, 0.5) is 0 Å². The Labute approximate surface area is 130 Å². The molecule has 1 saturated heterocycles. The first-order valence-corrected chi connectivity index (χ1v) is 8.03. The van der Waals surface area contributed by atoms with E-state index in [0.717, 1.165) is 18.0 Å². The molecule has 2 aromatic rings. The summed E-state index contributed by atoms with van der Waals surface area (Å²) >= 11 is 0. The molecule has 0 N–H and O–H groups in total. The minimum atomic E-state index is 0.440. The summed E-state index contributed by atoms with van der Waals surface area (Å²) in [4.78, 5) is 22.1. The van der Waals surface area contributed by atoms with Crippen LogP contribution in [0, 0.1) is 5.92 Å². The first-order valence-electron chi connectivity index (χ1n) is 8.03. The maximum absolute atomic E-state index is 10.8. The Kier molecular flexibility index (Phi) is 3.50. The van der Waals surface area contributed by atoms with Crippen LogP contribution in [0.25, 0.3) is 5.82 Å². The monoisotopic (exact) mass is 296 g/mol. The zero-order valence-electron chi connectivity index (χ0n) is 12.6. The molecule has 114 valence electrons. The van der Waals surface area contributed by atoms with Gasteiger partial charge in [0.25, 0.3) is 0 Å². The lowest BCUT2D eigenvalue weighted by atomic mass is 10.1. The van der Waals surface area contributed by atoms with E-state index in [2.05, 4.69) is 19.4 Å². The molecule has 1 saturated carbocycles. The van der Waals surface area contributed by atoms with Crippen LogP contribution in [-0.2, 0) is 0 Å². The summed E-state index contributed by atoms with van der Waals surface area (Å²) < 4.78 is 2.06. The number of hydrogen-bond donors (Lipinski definition) is 0. The molecule has 0 unspecified atom stereocenters. The summed E-state index contributed by atoms with van der Waals surface area (Å²) in [7, 11) is 0. The first kappa shape index (κ1) is 13.6. The van der Waals surface area contributed by atoms with Gasteiger partial charge in [0.2, 0.25) is 0 Å². The molecule has 1 aliphatic carbocycles. The van der Waals surface area contributed by atoms with Gasteiger partial charge in [-0.15, -0.1) is 0 Å². The van der Waals surface area contributed by atoms with Crippen molar-refractivity contribution in [3.05, 3.63) is 42.1 Å². The molecule has 5 nitrogen and oxygen atoms in total. The Morgan fingerprint density at radius 3 is 2.86 bits per heavy atom. The van der Waals surface area contributed by atoms with Crippen molar-refractivity contribution in [1.29, 1.82) is 0 Å². The SMILES string of the molecule is O=Cc1ccc(-n2cncc2[C@H]2CCCN2CC2CC2)nc1. The van der Waals surface area contributed by atoms with E-state index in [9.17, 15) is 4.79 Å². The summed E-state index contributed by atoms with van der Waals surface area (Å²) in [5.74, 6) is 1.73. The number of likely N-dealkylation sites (tertiary alicyclic amines) is 1. The summed E-state index contributed by atoms with van der Waals surface area (Å²) in [6, 6.07) is 4.13. The topological polar surface area (TPSA) is 51.0 Å². The van der Waals surface area contributed by atoms with Crippen molar-refractivity contribution in [2.24, 2.45) is 5.92 Å². The van der Waals surface area contributed by atoms with E-state index in [0.29, 0.717) is 11.6 Å². The number of hydrogen-bond acceptors (Lipinski definition) is 4. The number of rotatable bonds is 5. The molecule has 4 rings (SSSR count). The Morgan fingerprint density at radius 2 is 2.14 bits per heavy atom. The molecule has 3 heterocycles. The Bertz CT molecular complexity index is 660. The highest BCUT2D eigenvalue weighted by Crippen LogP contribution is 2.37. The molecule has 22 heavy (non-hydrogen) atoms. The van der Waals surface area contributed by atoms with Crippen LogP contribution in [-0.4, -0.2) is 38.8 Å². The van der Waals surface area contributed by atoms with Gasteiger partial charge in [0.15, 0.2) is 6.29 Å². The maximum atomic E-state index is 10.8. The van der Waals surface area contributed by atoms with Crippen LogP contribution in [0.5, 0.6) is 0 Å². The Balaban J connectivity index is 1.61. The van der Waals surface area contributed by atoms with Gasteiger partial charge >= 0.3 is 0 Å². The molecule has 0 amide bonds. The van der Waals surface area contributed by atoms with Crippen molar-refractivity contribution in [3.8, 4) is 5.82 Å². The quantitative estimate of drug-likeness (QED) is 0.796. The van der Waals surface area contributed by atoms with E-state index in [-0.39, 0.29) is 0 Å². The fourth-order valence-electron chi connectivity index (χ4n) is 3.36. The number of nitrogens with zero attached hydrogens (tertiary/aromatic N) is 4. The second kappa shape index (κ2) is 5.65. The van der Waals surface area contributed by atoms with Crippen LogP contribution in [0.1, 0.15) is 47.8 Å². The fraction of sp³-hybridized carbons (Fsp3) is 0.471. The zero-order valence-corrected chi connectivity index (χ0v) is 12.6. The molecule has 2 aliphatic rings. The van der Waals surface area contributed by atoms with E-state index >= 15 is 0 Å². The van der Waals surface area contributed by atoms with E-state index in [1.807, 2.05) is 18.6 Å². The highest BCUT2D eigenvalue weighted by atomic mass is 16.1. The minimum absolute atomic E-state index is 0.440. The van der Waals surface area contributed by atoms with Crippen molar-refractivity contribution in [3.63, 3.8) is 0 Å². The third-order valence-electron chi connectivity index (χ3n) is 4.72. The number of aromatic nitrogens is 3. The number of carbonyl (C=O) groups is 1. The van der Waals surface area contributed by atoms with Gasteiger partial charge in [-0.05, 0) is 50.3 Å². The van der Waals surface area contributed by atoms with Gasteiger partial charge in [-0.25, -0.2) is 9.97 Å². The fourth-order valence-corrected chi connectivity index (χ4v) is 3.36. The minimum Gasteiger partial charge on any atom is -0.298 e. The molecule has 2 aromatic heterocycles. The second-order valence-electron chi connectivity index (χ2n) is 6.35. The van der Waals surface area contributed by atoms with Crippen LogP contribution in [0.2, 0.25) is 0 Å². The molecular weight excluding hydrogens is 276 g/mol. The molecule has 0 aromatic carbocycles. The largest absolute Gasteiger partial charge is 0.298 e. The van der Waals surface area contributed by atoms with Crippen molar-refractivity contribution in [1.82, 2.24) is 19.4 Å². The van der Waals surface area contributed by atoms with E-state index in [1.54, 1.807) is 12.3 Å². The zero-order chi connectivity index (χ0) is 14.9. The first-order chi connectivity index (χ1) is 10.8. The Hall–Kier alpha value is -2.01. The lowest BCUT2D eigenvalue weighted by molar-refractivity contribution is 0.112. The summed E-state index contributed by atoms with van der Waals surface area (Å²) in [6.45, 7) is 2.40. The van der Waals surface area contributed by atoms with Gasteiger partial charge in [-0.2, -0.15) is 0 Å². The Morgan fingerprint density at radius 1 is 1.23 bits per heavy atom. The van der Waals surface area contributed by atoms with Crippen LogP contribution in [0.3, 0.4) is 0 Å². The lowest BCUT2D eigenvalue weighted by Gasteiger charge is -2.25. The lowest BCUT2D eigenvalue weighted by Crippen LogP contribution is -2.27. The number of pyridine rings is 1. The van der Waals surface area contributed by atoms with Crippen molar-refractivity contribution in [2.45, 2.75) is 31.7 Å². The smallest absolute Gasteiger partial charge is 0.151 e. The van der Waals surface area contributed by atoms with Gasteiger partial charge in [-0.3, -0.25) is 14.3 Å². The number of imidazole rings is 1. The molecule has 2 fully saturated rings. The standard InChI is InChI=1S/C17H20N4O/c22-11-14-5-6-17(19-8-14)21-12-18-9-16(21)15-2-1-7-20(15)10-13-3-4-13/h5-6,8-9,11-13,15H,1-4,7,10H2/t15-/m1/s1. The average molecular weight is 296 g/mol. The predicted octanol–water partition coefficient (Wildman–Crippen LogP) is 2.63. The van der Waals surface area contributed by atoms with Gasteiger partial charge in [-0.1, -0.05) is 0 Å². The van der Waals surface area contributed by atoms with Crippen LogP contribution in [0.15, 0.2) is 30.9 Å². The maximum Gasteiger partial charge on any atom is 0.151 e. The summed E-state index contributed by atoms with van der Waals surface area (Å²) in [5, 5.41) is 0. The normalized spacial score (nSPS) is 22.1. The molecule has 0 spiro atoms. The highest BCUT2D eigenvalue weighted by Gasteiger charge is 2.33. The van der Waals surface area contributed by atoms with Crippen LogP contribution < -0.4 is 0 Å². The second-order valence-corrected chi connectivity index (χ2v) is 6.35. The van der Waals surface area contributed by atoms with Gasteiger partial charge in [0.05, 0.1) is 17.9 Å². The molecular formula is C17H20N4O. The van der Waals surface area contributed by atoms with Gasteiger partial charge in [0, 0.05) is 18.3 Å². The van der Waals surface area contributed by atoms with E-state index in [1.165, 1.54) is 44.5 Å². The van der Waals surface area contributed by atoms with Crippen LogP contribution >= 0.6 is 0 Å². The predicted molar refractivity (Wildman–Crippen MR) is 83.0 cm³/mol. The molecule has 0 bridgehead atoms. The van der Waals surface area contributed by atoms with Crippen molar-refractivity contribution < 1.29 is 4.79 Å². The van der Waals surface area contributed by atoms with Crippen molar-refractivity contribution >= 4 is 6.29 Å². The number of carbonyl (C=O) groups excluding carboxylic acids is 1. The molecule has 1 atom stereocenters. The van der Waals surface area contributed by atoms with E-state index in [4.69, 9.17) is 0 Å². The molecule has 5 heteroatoms. The van der Waals surface area contributed by atoms with Gasteiger partial charge < -0.3 is 0 Å². The number of aldehydes is 1. The van der Waals surface area contributed by atoms with E-state index < -0.39 is 0 Å². The summed E-state index contributed by atoms with van der Waals surface area (Å²) in [5.41, 5.74) is 1.81. The van der Waals surface area contributed by atoms with Gasteiger partial charge in [0.1, 0.15) is 12.1 Å². The third-order valence-corrected chi connectivity index (χ3v) is 4.72. The molecule has 1 aliphatic heterocycles.